The van der Waals surface area contributed by atoms with Crippen molar-refractivity contribution in [2.45, 2.75) is 6.42 Å². The Kier molecular flexibility index (Phi) is 4.46. The molecule has 21 heavy (non-hydrogen) atoms. The Morgan fingerprint density at radius 3 is 2.62 bits per heavy atom. The average molecular weight is 405 g/mol. The van der Waals surface area contributed by atoms with E-state index in [1.807, 2.05) is 34.9 Å². The summed E-state index contributed by atoms with van der Waals surface area (Å²) in [5, 5.41) is 1.19. The first-order valence-corrected chi connectivity index (χ1v) is 8.37. The minimum Gasteiger partial charge on any atom is -0.295 e. The van der Waals surface area contributed by atoms with Crippen LogP contribution in [-0.4, -0.2) is 15.4 Å². The van der Waals surface area contributed by atoms with E-state index in [0.29, 0.717) is 22.3 Å². The van der Waals surface area contributed by atoms with Crippen LogP contribution in [0.25, 0.3) is 16.7 Å². The zero-order valence-electron chi connectivity index (χ0n) is 10.8. The van der Waals surface area contributed by atoms with Gasteiger partial charge in [-0.25, -0.2) is 4.98 Å². The molecule has 3 aromatic rings. The highest BCUT2D eigenvalue weighted by Crippen LogP contribution is 2.30. The van der Waals surface area contributed by atoms with E-state index >= 15 is 0 Å². The van der Waals surface area contributed by atoms with E-state index in [9.17, 15) is 0 Å². The number of alkyl halides is 1. The fourth-order valence-electron chi connectivity index (χ4n) is 2.29. The predicted molar refractivity (Wildman–Crippen MR) is 93.2 cm³/mol. The van der Waals surface area contributed by atoms with Crippen LogP contribution in [0.15, 0.2) is 40.9 Å². The summed E-state index contributed by atoms with van der Waals surface area (Å²) in [6.07, 6.45) is 0.660. The number of rotatable bonds is 3. The molecule has 2 nitrogen and oxygen atoms in total. The van der Waals surface area contributed by atoms with Gasteiger partial charge in [-0.05, 0) is 36.4 Å². The largest absolute Gasteiger partial charge is 0.295 e. The van der Waals surface area contributed by atoms with Gasteiger partial charge in [0.05, 0.1) is 21.7 Å². The molecule has 0 aliphatic heterocycles. The maximum absolute atomic E-state index is 6.35. The zero-order chi connectivity index (χ0) is 15.0. The van der Waals surface area contributed by atoms with Crippen LogP contribution in [0, 0.1) is 0 Å². The Bertz CT molecular complexity index is 814. The van der Waals surface area contributed by atoms with Crippen LogP contribution in [0.4, 0.5) is 0 Å². The zero-order valence-corrected chi connectivity index (χ0v) is 14.6. The van der Waals surface area contributed by atoms with Gasteiger partial charge in [0.25, 0.3) is 0 Å². The van der Waals surface area contributed by atoms with Crippen LogP contribution >= 0.6 is 50.7 Å². The Labute approximate surface area is 145 Å². The van der Waals surface area contributed by atoms with E-state index < -0.39 is 0 Å². The molecule has 0 fully saturated rings. The molecule has 0 spiro atoms. The van der Waals surface area contributed by atoms with Crippen molar-refractivity contribution in [1.29, 1.82) is 0 Å². The molecule has 1 heterocycles. The summed E-state index contributed by atoms with van der Waals surface area (Å²) in [5.41, 5.74) is 2.74. The molecule has 0 radical (unpaired) electrons. The molecular formula is C15H10BrCl3N2. The van der Waals surface area contributed by atoms with Crippen LogP contribution in [0.3, 0.4) is 0 Å². The number of nitrogens with zero attached hydrogens (tertiary/aromatic N) is 2. The third kappa shape index (κ3) is 2.93. The second-order valence-corrected chi connectivity index (χ2v) is 6.67. The molecule has 0 amide bonds. The van der Waals surface area contributed by atoms with Crippen molar-refractivity contribution < 1.29 is 0 Å². The summed E-state index contributed by atoms with van der Waals surface area (Å²) < 4.78 is 3.02. The van der Waals surface area contributed by atoms with Gasteiger partial charge in [-0.15, -0.1) is 11.6 Å². The molecule has 0 N–H and O–H groups in total. The fraction of sp³-hybridized carbons (Fsp3) is 0.133. The second-order valence-electron chi connectivity index (χ2n) is 4.53. The van der Waals surface area contributed by atoms with Gasteiger partial charge < -0.3 is 0 Å². The first-order valence-electron chi connectivity index (χ1n) is 6.28. The van der Waals surface area contributed by atoms with Gasteiger partial charge in [-0.1, -0.05) is 39.1 Å². The third-order valence-corrected chi connectivity index (χ3v) is 4.37. The molecule has 0 aliphatic rings. The number of aryl methyl sites for hydroxylation is 1. The molecule has 0 aliphatic carbocycles. The summed E-state index contributed by atoms with van der Waals surface area (Å²) in [7, 11) is 0. The Hall–Kier alpha value is -0.740. The lowest BCUT2D eigenvalue weighted by atomic mass is 10.2. The molecule has 2 aromatic carbocycles. The number of hydrogen-bond donors (Lipinski definition) is 0. The lowest BCUT2D eigenvalue weighted by Crippen LogP contribution is -2.02. The molecule has 108 valence electrons. The SMILES string of the molecule is ClCCc1nc2cc(Br)ccc2n1-c1ccc(Cl)cc1Cl. The number of hydrogen-bond acceptors (Lipinski definition) is 1. The summed E-state index contributed by atoms with van der Waals surface area (Å²) >= 11 is 21.7. The van der Waals surface area contributed by atoms with Crippen molar-refractivity contribution >= 4 is 61.8 Å². The smallest absolute Gasteiger partial charge is 0.115 e. The predicted octanol–water partition coefficient (Wildman–Crippen LogP) is 5.88. The first-order chi connectivity index (χ1) is 10.1. The maximum Gasteiger partial charge on any atom is 0.115 e. The normalized spacial score (nSPS) is 11.2. The topological polar surface area (TPSA) is 17.8 Å². The molecule has 0 saturated heterocycles. The van der Waals surface area contributed by atoms with Crippen molar-refractivity contribution in [3.05, 3.63) is 56.7 Å². The summed E-state index contributed by atoms with van der Waals surface area (Å²) in [6, 6.07) is 11.4. The van der Waals surface area contributed by atoms with E-state index in [1.54, 1.807) is 6.07 Å². The van der Waals surface area contributed by atoms with Gasteiger partial charge in [-0.3, -0.25) is 4.57 Å². The summed E-state index contributed by atoms with van der Waals surface area (Å²) in [4.78, 5) is 4.66. The van der Waals surface area contributed by atoms with Crippen molar-refractivity contribution in [3.8, 4) is 5.69 Å². The number of benzene rings is 2. The number of aromatic nitrogens is 2. The van der Waals surface area contributed by atoms with Gasteiger partial charge in [-0.2, -0.15) is 0 Å². The van der Waals surface area contributed by atoms with E-state index in [2.05, 4.69) is 20.9 Å². The van der Waals surface area contributed by atoms with Crippen molar-refractivity contribution in [2.75, 3.05) is 5.88 Å². The molecule has 0 unspecified atom stereocenters. The lowest BCUT2D eigenvalue weighted by Gasteiger charge is -2.11. The fourth-order valence-corrected chi connectivity index (χ4v) is 3.30. The number of halogens is 4. The molecule has 0 saturated carbocycles. The summed E-state index contributed by atoms with van der Waals surface area (Å²) in [6.45, 7) is 0. The second kappa shape index (κ2) is 6.17. The summed E-state index contributed by atoms with van der Waals surface area (Å²) in [5.74, 6) is 1.37. The van der Waals surface area contributed by atoms with Crippen LogP contribution < -0.4 is 0 Å². The van der Waals surface area contributed by atoms with Gasteiger partial charge in [0, 0.05) is 21.8 Å². The van der Waals surface area contributed by atoms with Crippen LogP contribution in [0.2, 0.25) is 10.0 Å². The van der Waals surface area contributed by atoms with Gasteiger partial charge in [0.2, 0.25) is 0 Å². The Balaban J connectivity index is 2.30. The molecule has 1 aromatic heterocycles. The lowest BCUT2D eigenvalue weighted by molar-refractivity contribution is 0.912. The Morgan fingerprint density at radius 2 is 1.90 bits per heavy atom. The minimum atomic E-state index is 0.496. The van der Waals surface area contributed by atoms with Gasteiger partial charge in [0.1, 0.15) is 5.82 Å². The quantitative estimate of drug-likeness (QED) is 0.499. The average Bonchev–Trinajstić information content (AvgIpc) is 2.76. The van der Waals surface area contributed by atoms with E-state index in [0.717, 1.165) is 27.0 Å². The molecule has 3 rings (SSSR count). The van der Waals surface area contributed by atoms with E-state index in [1.165, 1.54) is 0 Å². The first kappa shape index (κ1) is 15.2. The monoisotopic (exact) mass is 402 g/mol. The molecule has 0 atom stereocenters. The number of imidazole rings is 1. The number of fused-ring (bicyclic) bond motifs is 1. The Morgan fingerprint density at radius 1 is 1.10 bits per heavy atom. The van der Waals surface area contributed by atoms with Crippen LogP contribution in [-0.2, 0) is 6.42 Å². The van der Waals surface area contributed by atoms with Gasteiger partial charge in [0.15, 0.2) is 0 Å². The van der Waals surface area contributed by atoms with E-state index in [4.69, 9.17) is 34.8 Å². The highest BCUT2D eigenvalue weighted by atomic mass is 79.9. The minimum absolute atomic E-state index is 0.496. The molecule has 6 heteroatoms. The van der Waals surface area contributed by atoms with Crippen molar-refractivity contribution in [2.24, 2.45) is 0 Å². The standard InChI is InChI=1S/C15H10BrCl3N2/c16-9-1-3-14-12(7-9)20-15(5-6-17)21(14)13-4-2-10(18)8-11(13)19/h1-4,7-8H,5-6H2. The van der Waals surface area contributed by atoms with Crippen molar-refractivity contribution in [1.82, 2.24) is 9.55 Å². The third-order valence-electron chi connectivity index (χ3n) is 3.15. The van der Waals surface area contributed by atoms with E-state index in [-0.39, 0.29) is 0 Å². The van der Waals surface area contributed by atoms with Gasteiger partial charge >= 0.3 is 0 Å². The maximum atomic E-state index is 6.35. The highest BCUT2D eigenvalue weighted by Gasteiger charge is 2.14. The van der Waals surface area contributed by atoms with Crippen LogP contribution in [0.5, 0.6) is 0 Å². The van der Waals surface area contributed by atoms with Crippen LogP contribution in [0.1, 0.15) is 5.82 Å². The molecular weight excluding hydrogens is 394 g/mol. The molecule has 0 bridgehead atoms. The highest BCUT2D eigenvalue weighted by molar-refractivity contribution is 9.10. The van der Waals surface area contributed by atoms with Crippen molar-refractivity contribution in [3.63, 3.8) is 0 Å².